The molecule has 1 aliphatic rings. The van der Waals surface area contributed by atoms with E-state index in [4.69, 9.17) is 0 Å². The van der Waals surface area contributed by atoms with Gasteiger partial charge in [0.25, 0.3) is 0 Å². The van der Waals surface area contributed by atoms with E-state index in [9.17, 15) is 8.78 Å². The predicted octanol–water partition coefficient (Wildman–Crippen LogP) is 3.26. The normalized spacial score (nSPS) is 24.4. The van der Waals surface area contributed by atoms with Gasteiger partial charge in [0.1, 0.15) is 22.4 Å². The van der Waals surface area contributed by atoms with Crippen molar-refractivity contribution in [3.63, 3.8) is 0 Å². The molecule has 0 spiro atoms. The Balaban J connectivity index is 1.79. The Labute approximate surface area is 129 Å². The van der Waals surface area contributed by atoms with Gasteiger partial charge >= 0.3 is 0 Å². The molecule has 4 nitrogen and oxygen atoms in total. The molecule has 0 bridgehead atoms. The minimum Gasteiger partial charge on any atom is -0.368 e. The Hall–Kier alpha value is -1.63. The molecular formula is C14H13BrF2N4. The van der Waals surface area contributed by atoms with Crippen molar-refractivity contribution < 1.29 is 8.78 Å². The SMILES string of the molecule is Fc1cccnc1C1(CNc2ccc(Br)nn2)CC(F)C1. The van der Waals surface area contributed by atoms with Crippen LogP contribution in [0.25, 0.3) is 0 Å². The maximum Gasteiger partial charge on any atom is 0.148 e. The van der Waals surface area contributed by atoms with Gasteiger partial charge in [0.2, 0.25) is 0 Å². The molecule has 1 aliphatic carbocycles. The van der Waals surface area contributed by atoms with Gasteiger partial charge in [0.15, 0.2) is 0 Å². The van der Waals surface area contributed by atoms with Crippen LogP contribution >= 0.6 is 15.9 Å². The van der Waals surface area contributed by atoms with Crippen molar-refractivity contribution in [3.05, 3.63) is 46.6 Å². The van der Waals surface area contributed by atoms with Crippen LogP contribution < -0.4 is 5.32 Å². The molecule has 1 saturated carbocycles. The van der Waals surface area contributed by atoms with Crippen LogP contribution in [-0.4, -0.2) is 27.9 Å². The number of hydrogen-bond donors (Lipinski definition) is 1. The first kappa shape index (κ1) is 14.3. The second-order valence-corrected chi connectivity index (χ2v) is 6.03. The van der Waals surface area contributed by atoms with Crippen molar-refractivity contribution in [3.8, 4) is 0 Å². The Morgan fingerprint density at radius 3 is 2.71 bits per heavy atom. The zero-order valence-electron chi connectivity index (χ0n) is 11.1. The lowest BCUT2D eigenvalue weighted by molar-refractivity contribution is 0.0964. The second-order valence-electron chi connectivity index (χ2n) is 5.21. The molecule has 21 heavy (non-hydrogen) atoms. The smallest absolute Gasteiger partial charge is 0.148 e. The minimum absolute atomic E-state index is 0.262. The third-order valence-corrected chi connectivity index (χ3v) is 4.15. The zero-order valence-corrected chi connectivity index (χ0v) is 12.6. The fourth-order valence-corrected chi connectivity index (χ4v) is 2.87. The van der Waals surface area contributed by atoms with Crippen molar-refractivity contribution in [2.45, 2.75) is 24.4 Å². The fraction of sp³-hybridized carbons (Fsp3) is 0.357. The highest BCUT2D eigenvalue weighted by atomic mass is 79.9. The molecule has 0 aromatic carbocycles. The van der Waals surface area contributed by atoms with Crippen LogP contribution in [0.5, 0.6) is 0 Å². The van der Waals surface area contributed by atoms with E-state index < -0.39 is 17.4 Å². The number of halogens is 3. The molecule has 3 rings (SSSR count). The lowest BCUT2D eigenvalue weighted by atomic mass is 9.65. The summed E-state index contributed by atoms with van der Waals surface area (Å²) in [6.07, 6.45) is 1.14. The highest BCUT2D eigenvalue weighted by Crippen LogP contribution is 2.45. The lowest BCUT2D eigenvalue weighted by Crippen LogP contribution is -2.49. The van der Waals surface area contributed by atoms with Crippen molar-refractivity contribution in [1.29, 1.82) is 0 Å². The molecule has 0 aliphatic heterocycles. The molecule has 0 amide bonds. The molecule has 7 heteroatoms. The van der Waals surface area contributed by atoms with Crippen LogP contribution in [0.15, 0.2) is 35.1 Å². The van der Waals surface area contributed by atoms with Crippen molar-refractivity contribution in [2.75, 3.05) is 11.9 Å². The van der Waals surface area contributed by atoms with Gasteiger partial charge < -0.3 is 5.32 Å². The van der Waals surface area contributed by atoms with Crippen molar-refractivity contribution >= 4 is 21.7 Å². The Morgan fingerprint density at radius 1 is 1.29 bits per heavy atom. The molecule has 0 radical (unpaired) electrons. The summed E-state index contributed by atoms with van der Waals surface area (Å²) in [4.78, 5) is 4.11. The van der Waals surface area contributed by atoms with Gasteiger partial charge in [-0.2, -0.15) is 0 Å². The van der Waals surface area contributed by atoms with Gasteiger partial charge in [0, 0.05) is 18.2 Å². The van der Waals surface area contributed by atoms with Crippen LogP contribution in [0.2, 0.25) is 0 Å². The van der Waals surface area contributed by atoms with E-state index in [2.05, 4.69) is 36.4 Å². The summed E-state index contributed by atoms with van der Waals surface area (Å²) in [5.74, 6) is 0.171. The summed E-state index contributed by atoms with van der Waals surface area (Å²) in [5.41, 5.74) is -0.309. The van der Waals surface area contributed by atoms with Crippen LogP contribution in [-0.2, 0) is 5.41 Å². The van der Waals surface area contributed by atoms with E-state index in [1.807, 2.05) is 0 Å². The number of alkyl halides is 1. The van der Waals surface area contributed by atoms with E-state index >= 15 is 0 Å². The average molecular weight is 355 g/mol. The second kappa shape index (κ2) is 5.63. The number of hydrogen-bond acceptors (Lipinski definition) is 4. The third-order valence-electron chi connectivity index (χ3n) is 3.73. The number of nitrogens with one attached hydrogen (secondary N) is 1. The molecule has 0 atom stereocenters. The van der Waals surface area contributed by atoms with Crippen LogP contribution in [0.3, 0.4) is 0 Å². The van der Waals surface area contributed by atoms with Gasteiger partial charge in [-0.1, -0.05) is 0 Å². The van der Waals surface area contributed by atoms with Crippen molar-refractivity contribution in [2.24, 2.45) is 0 Å². The first-order chi connectivity index (χ1) is 10.1. The molecule has 0 saturated heterocycles. The summed E-state index contributed by atoms with van der Waals surface area (Å²) in [7, 11) is 0. The van der Waals surface area contributed by atoms with E-state index in [1.165, 1.54) is 18.3 Å². The molecular weight excluding hydrogens is 342 g/mol. The third kappa shape index (κ3) is 2.88. The topological polar surface area (TPSA) is 50.7 Å². The number of anilines is 1. The van der Waals surface area contributed by atoms with E-state index in [1.54, 1.807) is 12.1 Å². The zero-order chi connectivity index (χ0) is 14.9. The van der Waals surface area contributed by atoms with Gasteiger partial charge in [0.05, 0.1) is 5.69 Å². The minimum atomic E-state index is -0.913. The molecule has 0 unspecified atom stereocenters. The number of rotatable bonds is 4. The standard InChI is InChI=1S/C14H13BrF2N4/c15-11-3-4-12(21-20-11)19-8-14(6-9(16)7-14)13-10(17)2-1-5-18-13/h1-5,9H,6-8H2,(H,19,21). The van der Waals surface area contributed by atoms with Crippen LogP contribution in [0.4, 0.5) is 14.6 Å². The summed E-state index contributed by atoms with van der Waals surface area (Å²) < 4.78 is 28.0. The van der Waals surface area contributed by atoms with E-state index in [-0.39, 0.29) is 12.8 Å². The monoisotopic (exact) mass is 354 g/mol. The number of nitrogens with zero attached hydrogens (tertiary/aromatic N) is 3. The van der Waals surface area contributed by atoms with Gasteiger partial charge in [-0.15, -0.1) is 10.2 Å². The molecule has 110 valence electrons. The maximum atomic E-state index is 14.0. The summed E-state index contributed by atoms with van der Waals surface area (Å²) in [6, 6.07) is 6.40. The fourth-order valence-electron chi connectivity index (χ4n) is 2.66. The Morgan fingerprint density at radius 2 is 2.10 bits per heavy atom. The Bertz CT molecular complexity index is 629. The molecule has 2 aromatic rings. The van der Waals surface area contributed by atoms with E-state index in [0.29, 0.717) is 22.7 Å². The van der Waals surface area contributed by atoms with Crippen molar-refractivity contribution in [1.82, 2.24) is 15.2 Å². The molecule has 2 heterocycles. The Kier molecular flexibility index (Phi) is 3.84. The van der Waals surface area contributed by atoms with Gasteiger partial charge in [-0.3, -0.25) is 4.98 Å². The molecule has 1 fully saturated rings. The molecule has 1 N–H and O–H groups in total. The van der Waals surface area contributed by atoms with E-state index in [0.717, 1.165) is 0 Å². The predicted molar refractivity (Wildman–Crippen MR) is 78.2 cm³/mol. The lowest BCUT2D eigenvalue weighted by Gasteiger charge is -2.43. The van der Waals surface area contributed by atoms with Gasteiger partial charge in [-0.05, 0) is 53.0 Å². The highest BCUT2D eigenvalue weighted by molar-refractivity contribution is 9.10. The highest BCUT2D eigenvalue weighted by Gasteiger charge is 2.48. The molecule has 2 aromatic heterocycles. The first-order valence-electron chi connectivity index (χ1n) is 6.57. The number of pyridine rings is 1. The quantitative estimate of drug-likeness (QED) is 0.915. The van der Waals surface area contributed by atoms with Crippen LogP contribution in [0.1, 0.15) is 18.5 Å². The van der Waals surface area contributed by atoms with Gasteiger partial charge in [-0.25, -0.2) is 8.78 Å². The van der Waals surface area contributed by atoms with Crippen LogP contribution in [0, 0.1) is 5.82 Å². The average Bonchev–Trinajstić information content (AvgIpc) is 2.45. The maximum absolute atomic E-state index is 14.0. The first-order valence-corrected chi connectivity index (χ1v) is 7.36. The largest absolute Gasteiger partial charge is 0.368 e. The summed E-state index contributed by atoms with van der Waals surface area (Å²) in [5, 5.41) is 10.9. The summed E-state index contributed by atoms with van der Waals surface area (Å²) in [6.45, 7) is 0.373. The number of aromatic nitrogens is 3. The summed E-state index contributed by atoms with van der Waals surface area (Å²) >= 11 is 3.20.